The van der Waals surface area contributed by atoms with Crippen molar-refractivity contribution in [3.05, 3.63) is 29.8 Å². The Balaban J connectivity index is 2.82. The molecule has 0 atom stereocenters. The summed E-state index contributed by atoms with van der Waals surface area (Å²) in [4.78, 5) is 1.02. The Morgan fingerprint density at radius 2 is 2.15 bits per heavy atom. The lowest BCUT2D eigenvalue weighted by atomic mass is 10.2. The Kier molecular flexibility index (Phi) is 3.81. The van der Waals surface area contributed by atoms with Crippen LogP contribution in [0, 0.1) is 11.3 Å². The summed E-state index contributed by atoms with van der Waals surface area (Å²) in [5, 5.41) is 8.82. The van der Waals surface area contributed by atoms with E-state index in [1.807, 2.05) is 31.3 Å². The highest BCUT2D eigenvalue weighted by Gasteiger charge is 2.03. The second-order valence-electron chi connectivity index (χ2n) is 2.64. The zero-order valence-electron chi connectivity index (χ0n) is 7.82. The third-order valence-corrected chi connectivity index (χ3v) is 2.83. The average Bonchev–Trinajstić information content (AvgIpc) is 2.18. The maximum absolute atomic E-state index is 8.82. The summed E-state index contributed by atoms with van der Waals surface area (Å²) < 4.78 is 2.09. The summed E-state index contributed by atoms with van der Waals surface area (Å²) >= 11 is 1.61. The van der Waals surface area contributed by atoms with Crippen LogP contribution in [0.3, 0.4) is 0 Å². The van der Waals surface area contributed by atoms with E-state index >= 15 is 0 Å². The molecule has 0 heterocycles. The fraction of sp³-hybridized carbons (Fsp3) is 0.300. The van der Waals surface area contributed by atoms with Gasteiger partial charge in [-0.25, -0.2) is 4.31 Å². The summed E-state index contributed by atoms with van der Waals surface area (Å²) in [6, 6.07) is 9.82. The Morgan fingerprint density at radius 3 is 2.77 bits per heavy atom. The van der Waals surface area contributed by atoms with Crippen molar-refractivity contribution in [3.8, 4) is 6.07 Å². The largest absolute Gasteiger partial charge is 0.250 e. The zero-order chi connectivity index (χ0) is 9.68. The minimum Gasteiger partial charge on any atom is -0.250 e. The third kappa shape index (κ3) is 2.76. The van der Waals surface area contributed by atoms with Gasteiger partial charge in [0.25, 0.3) is 0 Å². The van der Waals surface area contributed by atoms with Gasteiger partial charge < -0.3 is 0 Å². The summed E-state index contributed by atoms with van der Waals surface area (Å²) in [6.07, 6.45) is 0. The predicted octanol–water partition coefficient (Wildman–Crippen LogP) is 2.52. The fourth-order valence-corrected chi connectivity index (χ4v) is 1.69. The third-order valence-electron chi connectivity index (χ3n) is 1.71. The minimum absolute atomic E-state index is 0.743. The van der Waals surface area contributed by atoms with Crippen LogP contribution in [0.4, 0.5) is 0 Å². The molecule has 0 fully saturated rings. The molecule has 1 aromatic carbocycles. The van der Waals surface area contributed by atoms with Crippen molar-refractivity contribution < 1.29 is 0 Å². The first-order valence-electron chi connectivity index (χ1n) is 4.16. The van der Waals surface area contributed by atoms with Gasteiger partial charge >= 0.3 is 0 Å². The Hall–Kier alpha value is -0.980. The van der Waals surface area contributed by atoms with Crippen LogP contribution in [0.2, 0.25) is 0 Å². The molecule has 1 aromatic rings. The molecular weight excluding hydrogens is 180 g/mol. The molecule has 0 spiro atoms. The minimum atomic E-state index is 0.743. The Morgan fingerprint density at radius 1 is 1.46 bits per heavy atom. The van der Waals surface area contributed by atoms with Gasteiger partial charge in [-0.1, -0.05) is 19.1 Å². The second-order valence-corrected chi connectivity index (χ2v) is 3.89. The van der Waals surface area contributed by atoms with E-state index in [2.05, 4.69) is 17.3 Å². The van der Waals surface area contributed by atoms with Crippen LogP contribution >= 0.6 is 11.9 Å². The molecule has 0 saturated heterocycles. The highest BCUT2D eigenvalue weighted by atomic mass is 32.2. The summed E-state index contributed by atoms with van der Waals surface area (Å²) in [7, 11) is 2.01. The van der Waals surface area contributed by atoms with E-state index < -0.39 is 0 Å². The van der Waals surface area contributed by atoms with E-state index in [9.17, 15) is 0 Å². The van der Waals surface area contributed by atoms with Crippen molar-refractivity contribution in [2.24, 2.45) is 0 Å². The maximum atomic E-state index is 8.82. The van der Waals surface area contributed by atoms with Crippen molar-refractivity contribution in [1.82, 2.24) is 4.31 Å². The van der Waals surface area contributed by atoms with Gasteiger partial charge in [0.1, 0.15) is 6.07 Å². The molecular formula is C10H12N2S. The number of nitrogens with zero attached hydrogens (tertiary/aromatic N) is 2. The molecule has 0 amide bonds. The molecule has 0 saturated carbocycles. The number of hydrogen-bond acceptors (Lipinski definition) is 3. The van der Waals surface area contributed by atoms with Crippen LogP contribution in [-0.4, -0.2) is 17.9 Å². The Labute approximate surface area is 83.3 Å². The monoisotopic (exact) mass is 192 g/mol. The zero-order valence-corrected chi connectivity index (χ0v) is 8.64. The lowest BCUT2D eigenvalue weighted by Gasteiger charge is -2.12. The first-order valence-corrected chi connectivity index (χ1v) is 4.93. The normalized spacial score (nSPS) is 10.0. The molecule has 3 heteroatoms. The number of benzene rings is 1. The van der Waals surface area contributed by atoms with Gasteiger partial charge in [-0.2, -0.15) is 5.26 Å². The van der Waals surface area contributed by atoms with Crippen LogP contribution < -0.4 is 0 Å². The molecule has 0 bridgehead atoms. The van der Waals surface area contributed by atoms with E-state index in [1.165, 1.54) is 0 Å². The second kappa shape index (κ2) is 4.90. The highest BCUT2D eigenvalue weighted by Crippen LogP contribution is 2.23. The van der Waals surface area contributed by atoms with E-state index in [0.29, 0.717) is 0 Å². The number of hydrogen-bond donors (Lipinski definition) is 0. The topological polar surface area (TPSA) is 27.0 Å². The van der Waals surface area contributed by atoms with E-state index in [0.717, 1.165) is 17.0 Å². The molecule has 0 aliphatic rings. The molecule has 0 radical (unpaired) electrons. The first-order chi connectivity index (χ1) is 6.27. The number of nitriles is 1. The van der Waals surface area contributed by atoms with Gasteiger partial charge in [-0.05, 0) is 31.1 Å². The standard InChI is InChI=1S/C10H12N2S/c1-3-12(2)13-10-7-5-4-6-9(10)8-11/h4-7H,3H2,1-2H3. The lowest BCUT2D eigenvalue weighted by molar-refractivity contribution is 0.602. The van der Waals surface area contributed by atoms with Crippen molar-refractivity contribution in [1.29, 1.82) is 5.26 Å². The van der Waals surface area contributed by atoms with Gasteiger partial charge in [-0.3, -0.25) is 0 Å². The van der Waals surface area contributed by atoms with Crippen LogP contribution in [0.5, 0.6) is 0 Å². The molecule has 0 aliphatic carbocycles. The smallest absolute Gasteiger partial charge is 0.100 e. The molecule has 13 heavy (non-hydrogen) atoms. The first kappa shape index (κ1) is 10.1. The average molecular weight is 192 g/mol. The van der Waals surface area contributed by atoms with E-state index in [4.69, 9.17) is 5.26 Å². The van der Waals surface area contributed by atoms with Gasteiger partial charge in [0.05, 0.1) is 5.56 Å². The molecule has 2 nitrogen and oxygen atoms in total. The van der Waals surface area contributed by atoms with Crippen molar-refractivity contribution >= 4 is 11.9 Å². The Bertz CT molecular complexity index is 317. The highest BCUT2D eigenvalue weighted by molar-refractivity contribution is 7.97. The van der Waals surface area contributed by atoms with Gasteiger partial charge in [0.15, 0.2) is 0 Å². The van der Waals surface area contributed by atoms with Gasteiger partial charge in [-0.15, -0.1) is 0 Å². The van der Waals surface area contributed by atoms with Crippen molar-refractivity contribution in [2.45, 2.75) is 11.8 Å². The van der Waals surface area contributed by atoms with Gasteiger partial charge in [0.2, 0.25) is 0 Å². The number of rotatable bonds is 3. The summed E-state index contributed by atoms with van der Waals surface area (Å²) in [5.74, 6) is 0. The molecule has 0 aliphatic heterocycles. The quantitative estimate of drug-likeness (QED) is 0.688. The SMILES string of the molecule is CCN(C)Sc1ccccc1C#N. The van der Waals surface area contributed by atoms with Crippen LogP contribution in [0.15, 0.2) is 29.2 Å². The van der Waals surface area contributed by atoms with Crippen molar-refractivity contribution in [3.63, 3.8) is 0 Å². The molecule has 68 valence electrons. The summed E-state index contributed by atoms with van der Waals surface area (Å²) in [6.45, 7) is 3.05. The van der Waals surface area contributed by atoms with E-state index in [1.54, 1.807) is 11.9 Å². The van der Waals surface area contributed by atoms with Crippen molar-refractivity contribution in [2.75, 3.05) is 13.6 Å². The summed E-state index contributed by atoms with van der Waals surface area (Å²) in [5.41, 5.74) is 0.743. The molecule has 0 aromatic heterocycles. The van der Waals surface area contributed by atoms with Gasteiger partial charge in [0, 0.05) is 11.4 Å². The van der Waals surface area contributed by atoms with Crippen LogP contribution in [0.1, 0.15) is 12.5 Å². The lowest BCUT2D eigenvalue weighted by Crippen LogP contribution is -2.07. The van der Waals surface area contributed by atoms with E-state index in [-0.39, 0.29) is 0 Å². The molecule has 1 rings (SSSR count). The molecule has 0 unspecified atom stereocenters. The predicted molar refractivity (Wildman–Crippen MR) is 55.3 cm³/mol. The molecule has 0 N–H and O–H groups in total. The van der Waals surface area contributed by atoms with Crippen LogP contribution in [0.25, 0.3) is 0 Å². The van der Waals surface area contributed by atoms with Crippen LogP contribution in [-0.2, 0) is 0 Å². The maximum Gasteiger partial charge on any atom is 0.100 e. The fourth-order valence-electron chi connectivity index (χ4n) is 0.871.